The average Bonchev–Trinajstić information content (AvgIpc) is 3.28. The number of aliphatic imine (C=N–C) groups is 1. The third-order valence-corrected chi connectivity index (χ3v) is 8.20. The first kappa shape index (κ1) is 24.6. The van der Waals surface area contributed by atoms with Gasteiger partial charge in [0.1, 0.15) is 0 Å². The zero-order valence-corrected chi connectivity index (χ0v) is 20.7. The third-order valence-electron chi connectivity index (χ3n) is 4.86. The number of amides is 1. The minimum atomic E-state index is -3.62. The number of ether oxygens (including phenoxy) is 2. The number of amidine groups is 2. The number of methoxy groups -OCH3 is 1. The van der Waals surface area contributed by atoms with Gasteiger partial charge >= 0.3 is 5.97 Å². The lowest BCUT2D eigenvalue weighted by Crippen LogP contribution is -2.35. The van der Waals surface area contributed by atoms with E-state index in [1.807, 2.05) is 0 Å². The Kier molecular flexibility index (Phi) is 6.79. The van der Waals surface area contributed by atoms with Crippen LogP contribution >= 0.6 is 23.4 Å². The van der Waals surface area contributed by atoms with E-state index in [-0.39, 0.29) is 38.2 Å². The quantitative estimate of drug-likeness (QED) is 0.350. The molecule has 0 saturated heterocycles. The van der Waals surface area contributed by atoms with Crippen LogP contribution in [0.3, 0.4) is 0 Å². The van der Waals surface area contributed by atoms with Gasteiger partial charge in [-0.15, -0.1) is 5.10 Å². The van der Waals surface area contributed by atoms with E-state index >= 15 is 0 Å². The molecule has 0 spiro atoms. The van der Waals surface area contributed by atoms with Gasteiger partial charge in [-0.25, -0.2) is 13.2 Å². The topological polar surface area (TPSA) is 139 Å². The fourth-order valence-electron chi connectivity index (χ4n) is 2.99. The van der Waals surface area contributed by atoms with Crippen molar-refractivity contribution >= 4 is 66.5 Å². The van der Waals surface area contributed by atoms with Crippen molar-refractivity contribution in [1.29, 1.82) is 5.41 Å². The molecule has 0 fully saturated rings. The molecule has 4 rings (SSSR count). The molecular weight excluding hydrogens is 516 g/mol. The highest BCUT2D eigenvalue weighted by Crippen LogP contribution is 2.33. The number of hydrogen-bond donors (Lipinski definition) is 1. The molecule has 2 aliphatic heterocycles. The molecule has 1 amide bonds. The number of rotatable bonds is 5. The molecule has 0 bridgehead atoms. The van der Waals surface area contributed by atoms with Gasteiger partial charge in [0, 0.05) is 5.02 Å². The maximum absolute atomic E-state index is 12.6. The van der Waals surface area contributed by atoms with Crippen molar-refractivity contribution < 1.29 is 27.5 Å². The van der Waals surface area contributed by atoms with E-state index in [1.54, 1.807) is 18.2 Å². The van der Waals surface area contributed by atoms with Crippen molar-refractivity contribution in [2.75, 3.05) is 12.9 Å². The van der Waals surface area contributed by atoms with Crippen LogP contribution in [0.15, 0.2) is 58.1 Å². The molecule has 0 aromatic heterocycles. The minimum absolute atomic E-state index is 0.00575. The fraction of sp³-hybridized carbons (Fsp3) is 0.136. The number of carbonyl (C=O) groups is 2. The van der Waals surface area contributed by atoms with Crippen molar-refractivity contribution in [2.24, 2.45) is 10.1 Å². The van der Waals surface area contributed by atoms with Gasteiger partial charge in [-0.2, -0.15) is 10.0 Å². The molecule has 0 atom stereocenters. The predicted octanol–water partition coefficient (Wildman–Crippen LogP) is 3.58. The molecule has 13 heteroatoms. The van der Waals surface area contributed by atoms with Gasteiger partial charge in [0.15, 0.2) is 17.3 Å². The number of esters is 1. The van der Waals surface area contributed by atoms with Crippen LogP contribution in [0.1, 0.15) is 22.8 Å². The van der Waals surface area contributed by atoms with E-state index in [9.17, 15) is 18.0 Å². The number of hydrazone groups is 1. The van der Waals surface area contributed by atoms with E-state index in [4.69, 9.17) is 26.5 Å². The second-order valence-electron chi connectivity index (χ2n) is 7.10. The molecule has 2 aliphatic rings. The van der Waals surface area contributed by atoms with Crippen LogP contribution in [0, 0.1) is 5.41 Å². The summed E-state index contributed by atoms with van der Waals surface area (Å²) in [6, 6.07) is 10.8. The molecule has 0 unspecified atom stereocenters. The van der Waals surface area contributed by atoms with Gasteiger partial charge in [-0.1, -0.05) is 24.6 Å². The molecule has 2 aromatic carbocycles. The van der Waals surface area contributed by atoms with Crippen molar-refractivity contribution in [3.05, 3.63) is 64.2 Å². The van der Waals surface area contributed by atoms with E-state index < -0.39 is 21.7 Å². The van der Waals surface area contributed by atoms with Crippen molar-refractivity contribution in [3.8, 4) is 11.5 Å². The number of sulfone groups is 1. The van der Waals surface area contributed by atoms with Gasteiger partial charge in [0.2, 0.25) is 19.4 Å². The van der Waals surface area contributed by atoms with Crippen LogP contribution in [0.2, 0.25) is 5.02 Å². The summed E-state index contributed by atoms with van der Waals surface area (Å²) in [5, 5.41) is 13.8. The van der Waals surface area contributed by atoms with Crippen LogP contribution < -0.4 is 9.47 Å². The maximum Gasteiger partial charge on any atom is 0.343 e. The lowest BCUT2D eigenvalue weighted by Gasteiger charge is -2.20. The summed E-state index contributed by atoms with van der Waals surface area (Å²) in [6.45, 7) is 1.48. The number of carbonyl (C=O) groups excluding carboxylic acids is 2. The molecule has 0 aliphatic carbocycles. The number of hydrogen-bond acceptors (Lipinski definition) is 9. The average molecular weight is 533 g/mol. The lowest BCUT2D eigenvalue weighted by atomic mass is 10.1. The van der Waals surface area contributed by atoms with Crippen LogP contribution in [-0.4, -0.2) is 53.5 Å². The third kappa shape index (κ3) is 4.99. The zero-order chi connectivity index (χ0) is 25.3. The summed E-state index contributed by atoms with van der Waals surface area (Å²) >= 11 is 6.57. The highest BCUT2D eigenvalue weighted by atomic mass is 35.5. The molecule has 0 radical (unpaired) electrons. The second-order valence-corrected chi connectivity index (χ2v) is 10.9. The molecular formula is C22H17ClN4O6S2. The lowest BCUT2D eigenvalue weighted by molar-refractivity contribution is -0.114. The number of thioether (sulfide) groups is 1. The number of halogens is 1. The van der Waals surface area contributed by atoms with E-state index in [0.29, 0.717) is 16.1 Å². The maximum atomic E-state index is 12.6. The Labute approximate surface area is 209 Å². The van der Waals surface area contributed by atoms with Gasteiger partial charge in [0.25, 0.3) is 5.91 Å². The summed E-state index contributed by atoms with van der Waals surface area (Å²) in [7, 11) is -2.23. The molecule has 10 nitrogen and oxygen atoms in total. The van der Waals surface area contributed by atoms with Gasteiger partial charge < -0.3 is 9.47 Å². The van der Waals surface area contributed by atoms with E-state index in [2.05, 4.69) is 10.1 Å². The first-order valence-corrected chi connectivity index (χ1v) is 12.9. The molecule has 2 heterocycles. The Balaban J connectivity index is 1.60. The standard InChI is InChI=1S/C22H17ClN4O6S2/c1-3-35(30,31)22-26-27-18(24)15(19(28)25-21(27)34-22)10-12-4-9-16(17(11-12)32-2)33-20(29)13-5-7-14(23)8-6-13/h4-11,24H,3H2,1-2H3. The monoisotopic (exact) mass is 532 g/mol. The molecule has 1 N–H and O–H groups in total. The van der Waals surface area contributed by atoms with Crippen LogP contribution in [0.25, 0.3) is 6.08 Å². The summed E-state index contributed by atoms with van der Waals surface area (Å²) in [6.07, 6.45) is 1.39. The normalized spacial score (nSPS) is 16.7. The summed E-state index contributed by atoms with van der Waals surface area (Å²) < 4.78 is 34.8. The Bertz CT molecular complexity index is 1450. The first-order valence-electron chi connectivity index (χ1n) is 10.0. The zero-order valence-electron chi connectivity index (χ0n) is 18.3. The SMILES string of the molecule is CCS(=O)(=O)C1=NN2C(=N)C(=Cc3ccc(OC(=O)c4ccc(Cl)cc4)c(OC)c3)C(=O)N=C2S1. The number of nitrogens with one attached hydrogen (secondary N) is 1. The molecule has 2 aromatic rings. The largest absolute Gasteiger partial charge is 0.493 e. The Hall–Kier alpha value is -3.48. The summed E-state index contributed by atoms with van der Waals surface area (Å²) in [5.41, 5.74) is 0.657. The molecule has 35 heavy (non-hydrogen) atoms. The van der Waals surface area contributed by atoms with Gasteiger partial charge in [-0.3, -0.25) is 10.2 Å². The van der Waals surface area contributed by atoms with Crippen molar-refractivity contribution in [3.63, 3.8) is 0 Å². The summed E-state index contributed by atoms with van der Waals surface area (Å²) in [4.78, 5) is 28.9. The highest BCUT2D eigenvalue weighted by molar-refractivity contribution is 8.42. The van der Waals surface area contributed by atoms with Crippen LogP contribution in [0.4, 0.5) is 0 Å². The first-order chi connectivity index (χ1) is 16.6. The molecule has 0 saturated carbocycles. The van der Waals surface area contributed by atoms with Crippen molar-refractivity contribution in [1.82, 2.24) is 5.01 Å². The Morgan fingerprint density at radius 2 is 1.91 bits per heavy atom. The van der Waals surface area contributed by atoms with Crippen LogP contribution in [0.5, 0.6) is 11.5 Å². The van der Waals surface area contributed by atoms with Gasteiger partial charge in [-0.05, 0) is 59.8 Å². The number of benzene rings is 2. The Morgan fingerprint density at radius 1 is 1.20 bits per heavy atom. The summed E-state index contributed by atoms with van der Waals surface area (Å²) in [5.74, 6) is -1.44. The second kappa shape index (κ2) is 9.64. The predicted molar refractivity (Wildman–Crippen MR) is 134 cm³/mol. The van der Waals surface area contributed by atoms with Crippen LogP contribution in [-0.2, 0) is 14.6 Å². The fourth-order valence-corrected chi connectivity index (χ4v) is 5.28. The van der Waals surface area contributed by atoms with E-state index in [0.717, 1.165) is 16.8 Å². The smallest absolute Gasteiger partial charge is 0.343 e. The molecule has 180 valence electrons. The Morgan fingerprint density at radius 3 is 2.57 bits per heavy atom. The highest BCUT2D eigenvalue weighted by Gasteiger charge is 2.39. The van der Waals surface area contributed by atoms with Gasteiger partial charge in [0.05, 0.1) is 24.0 Å². The van der Waals surface area contributed by atoms with E-state index in [1.165, 1.54) is 44.4 Å². The number of nitrogens with zero attached hydrogens (tertiary/aromatic N) is 3. The number of fused-ring (bicyclic) bond motifs is 1. The van der Waals surface area contributed by atoms with Crippen molar-refractivity contribution in [2.45, 2.75) is 6.92 Å². The minimum Gasteiger partial charge on any atom is -0.493 e.